The second kappa shape index (κ2) is 6.97. The Balaban J connectivity index is 1.99. The quantitative estimate of drug-likeness (QED) is 0.818. The maximum absolute atomic E-state index is 14.2. The van der Waals surface area contributed by atoms with Crippen LogP contribution in [0.2, 0.25) is 0 Å². The third kappa shape index (κ3) is 3.12. The summed E-state index contributed by atoms with van der Waals surface area (Å²) in [5.41, 5.74) is 0.679. The Morgan fingerprint density at radius 1 is 1.35 bits per heavy atom. The van der Waals surface area contributed by atoms with Crippen molar-refractivity contribution in [2.45, 2.75) is 44.8 Å². The van der Waals surface area contributed by atoms with Crippen molar-refractivity contribution in [3.05, 3.63) is 34.5 Å². The van der Waals surface area contributed by atoms with E-state index in [2.05, 4.69) is 0 Å². The van der Waals surface area contributed by atoms with Crippen molar-refractivity contribution in [2.24, 2.45) is 0 Å². The lowest BCUT2D eigenvalue weighted by molar-refractivity contribution is 0.0697. The van der Waals surface area contributed by atoms with Gasteiger partial charge in [0, 0.05) is 35.8 Å². The number of ether oxygens (including phenoxy) is 1. The van der Waals surface area contributed by atoms with E-state index in [1.807, 2.05) is 18.0 Å². The predicted molar refractivity (Wildman–Crippen MR) is 91.5 cm³/mol. The molecule has 1 aliphatic carbocycles. The minimum absolute atomic E-state index is 0.00968. The molecule has 1 aliphatic rings. The van der Waals surface area contributed by atoms with Crippen LogP contribution in [0.25, 0.3) is 10.1 Å². The van der Waals surface area contributed by atoms with Crippen molar-refractivity contribution in [2.75, 3.05) is 14.2 Å². The minimum atomic E-state index is -0.287. The molecule has 0 bridgehead atoms. The summed E-state index contributed by atoms with van der Waals surface area (Å²) in [5, 5.41) is 0.528. The van der Waals surface area contributed by atoms with Gasteiger partial charge in [-0.2, -0.15) is 0 Å². The number of benzene rings is 1. The van der Waals surface area contributed by atoms with Gasteiger partial charge in [-0.05, 0) is 25.0 Å². The number of fused-ring (bicyclic) bond motifs is 1. The summed E-state index contributed by atoms with van der Waals surface area (Å²) in [5.74, 6) is -0.297. The van der Waals surface area contributed by atoms with Crippen LogP contribution in [-0.2, 0) is 11.3 Å². The Morgan fingerprint density at radius 2 is 2.09 bits per heavy atom. The molecule has 0 unspecified atom stereocenters. The van der Waals surface area contributed by atoms with E-state index in [1.54, 1.807) is 13.2 Å². The fraction of sp³-hybridized carbons (Fsp3) is 0.500. The Hall–Kier alpha value is -1.46. The van der Waals surface area contributed by atoms with E-state index in [9.17, 15) is 9.18 Å². The van der Waals surface area contributed by atoms with Crippen LogP contribution in [0.1, 0.15) is 47.3 Å². The maximum atomic E-state index is 14.2. The average molecular weight is 335 g/mol. The molecule has 5 heteroatoms. The molecule has 3 rings (SSSR count). The molecule has 0 atom stereocenters. The van der Waals surface area contributed by atoms with E-state index in [1.165, 1.54) is 36.7 Å². The molecule has 1 fully saturated rings. The van der Waals surface area contributed by atoms with E-state index in [0.29, 0.717) is 21.9 Å². The molecule has 1 aromatic carbocycles. The van der Waals surface area contributed by atoms with Crippen molar-refractivity contribution >= 4 is 27.3 Å². The van der Waals surface area contributed by atoms with Crippen LogP contribution in [0.15, 0.2) is 18.2 Å². The van der Waals surface area contributed by atoms with Crippen molar-refractivity contribution in [1.29, 1.82) is 0 Å². The lowest BCUT2D eigenvalue weighted by Gasteiger charge is -2.31. The van der Waals surface area contributed by atoms with Gasteiger partial charge in [0.15, 0.2) is 0 Å². The molecule has 2 aromatic rings. The van der Waals surface area contributed by atoms with Crippen LogP contribution in [0.4, 0.5) is 4.39 Å². The summed E-state index contributed by atoms with van der Waals surface area (Å²) in [6, 6.07) is 5.28. The summed E-state index contributed by atoms with van der Waals surface area (Å²) < 4.78 is 20.3. The van der Waals surface area contributed by atoms with Gasteiger partial charge in [0.2, 0.25) is 0 Å². The summed E-state index contributed by atoms with van der Waals surface area (Å²) >= 11 is 1.37. The maximum Gasteiger partial charge on any atom is 0.264 e. The number of halogens is 1. The number of carbonyl (C=O) groups is 1. The van der Waals surface area contributed by atoms with Gasteiger partial charge in [0.1, 0.15) is 5.82 Å². The number of carbonyl (C=O) groups excluding carboxylic acids is 1. The standard InChI is InChI=1S/C18H22FNO2S/c1-20(12-7-4-3-5-8-12)18(21)17-13(11-22-2)16-14(19)9-6-10-15(16)23-17/h6,9-10,12H,3-5,7-8,11H2,1-2H3. The number of hydrogen-bond donors (Lipinski definition) is 0. The number of methoxy groups -OCH3 is 1. The molecule has 0 aliphatic heterocycles. The lowest BCUT2D eigenvalue weighted by atomic mass is 9.94. The minimum Gasteiger partial charge on any atom is -0.380 e. The summed E-state index contributed by atoms with van der Waals surface area (Å²) in [6.45, 7) is 0.251. The SMILES string of the molecule is COCc1c(C(=O)N(C)C2CCCCC2)sc2cccc(F)c12. The first-order valence-corrected chi connectivity index (χ1v) is 8.91. The van der Waals surface area contributed by atoms with E-state index in [-0.39, 0.29) is 18.3 Å². The van der Waals surface area contributed by atoms with Crippen LogP contribution >= 0.6 is 11.3 Å². The van der Waals surface area contributed by atoms with Crippen LogP contribution in [0.3, 0.4) is 0 Å². The molecule has 1 saturated carbocycles. The Bertz CT molecular complexity index is 706. The van der Waals surface area contributed by atoms with Gasteiger partial charge in [-0.25, -0.2) is 4.39 Å². The first-order chi connectivity index (χ1) is 11.1. The third-order valence-electron chi connectivity index (χ3n) is 4.69. The van der Waals surface area contributed by atoms with Gasteiger partial charge in [0.05, 0.1) is 11.5 Å². The monoisotopic (exact) mass is 335 g/mol. The molecule has 3 nitrogen and oxygen atoms in total. The van der Waals surface area contributed by atoms with Gasteiger partial charge >= 0.3 is 0 Å². The van der Waals surface area contributed by atoms with Crippen LogP contribution in [-0.4, -0.2) is 31.0 Å². The second-order valence-corrected chi connectivity index (χ2v) is 7.22. The molecule has 0 N–H and O–H groups in total. The molecule has 0 radical (unpaired) electrons. The first-order valence-electron chi connectivity index (χ1n) is 8.09. The molecule has 124 valence electrons. The van der Waals surface area contributed by atoms with Crippen LogP contribution < -0.4 is 0 Å². The van der Waals surface area contributed by atoms with E-state index < -0.39 is 0 Å². The molecular weight excluding hydrogens is 313 g/mol. The number of thiophene rings is 1. The smallest absolute Gasteiger partial charge is 0.264 e. The molecule has 1 aromatic heterocycles. The molecule has 0 spiro atoms. The molecule has 23 heavy (non-hydrogen) atoms. The Labute approximate surface area is 140 Å². The summed E-state index contributed by atoms with van der Waals surface area (Å²) in [4.78, 5) is 15.4. The fourth-order valence-electron chi connectivity index (χ4n) is 3.42. The topological polar surface area (TPSA) is 29.5 Å². The largest absolute Gasteiger partial charge is 0.380 e. The van der Waals surface area contributed by atoms with Gasteiger partial charge in [-0.3, -0.25) is 4.79 Å². The van der Waals surface area contributed by atoms with Crippen molar-refractivity contribution in [3.8, 4) is 0 Å². The zero-order chi connectivity index (χ0) is 16.4. The highest BCUT2D eigenvalue weighted by Gasteiger charge is 2.27. The second-order valence-electron chi connectivity index (χ2n) is 6.16. The number of rotatable bonds is 4. The summed E-state index contributed by atoms with van der Waals surface area (Å²) in [7, 11) is 3.44. The zero-order valence-corrected chi connectivity index (χ0v) is 14.4. The van der Waals surface area contributed by atoms with Crippen molar-refractivity contribution < 1.29 is 13.9 Å². The molecular formula is C18H22FNO2S. The highest BCUT2D eigenvalue weighted by atomic mass is 32.1. The van der Waals surface area contributed by atoms with Crippen LogP contribution in [0, 0.1) is 5.82 Å². The average Bonchev–Trinajstić information content (AvgIpc) is 2.95. The first kappa shape index (κ1) is 16.4. The van der Waals surface area contributed by atoms with Gasteiger partial charge in [0.25, 0.3) is 5.91 Å². The fourth-order valence-corrected chi connectivity index (χ4v) is 4.62. The number of amides is 1. The highest BCUT2D eigenvalue weighted by molar-refractivity contribution is 7.21. The number of hydrogen-bond acceptors (Lipinski definition) is 3. The van der Waals surface area contributed by atoms with Gasteiger partial charge < -0.3 is 9.64 Å². The number of nitrogens with zero attached hydrogens (tertiary/aromatic N) is 1. The summed E-state index contributed by atoms with van der Waals surface area (Å²) in [6.07, 6.45) is 5.71. The Morgan fingerprint density at radius 3 is 2.78 bits per heavy atom. The highest BCUT2D eigenvalue weighted by Crippen LogP contribution is 2.35. The molecule has 0 saturated heterocycles. The zero-order valence-electron chi connectivity index (χ0n) is 13.6. The molecule has 1 amide bonds. The van der Waals surface area contributed by atoms with Crippen molar-refractivity contribution in [3.63, 3.8) is 0 Å². The van der Waals surface area contributed by atoms with Gasteiger partial charge in [-0.15, -0.1) is 11.3 Å². The van der Waals surface area contributed by atoms with Crippen LogP contribution in [0.5, 0.6) is 0 Å². The van der Waals surface area contributed by atoms with Crippen molar-refractivity contribution in [1.82, 2.24) is 4.90 Å². The lowest BCUT2D eigenvalue weighted by Crippen LogP contribution is -2.38. The Kier molecular flexibility index (Phi) is 4.97. The normalized spacial score (nSPS) is 16.0. The van der Waals surface area contributed by atoms with Gasteiger partial charge in [-0.1, -0.05) is 25.3 Å². The van der Waals surface area contributed by atoms with E-state index in [0.717, 1.165) is 17.5 Å². The third-order valence-corrected chi connectivity index (χ3v) is 5.87. The predicted octanol–water partition coefficient (Wildman–Crippen LogP) is 4.59. The van der Waals surface area contributed by atoms with E-state index >= 15 is 0 Å². The molecule has 1 heterocycles. The van der Waals surface area contributed by atoms with E-state index in [4.69, 9.17) is 4.74 Å².